The van der Waals surface area contributed by atoms with E-state index < -0.39 is 0 Å². The predicted molar refractivity (Wildman–Crippen MR) is 64.5 cm³/mol. The quantitative estimate of drug-likeness (QED) is 0.814. The molecule has 0 aliphatic heterocycles. The summed E-state index contributed by atoms with van der Waals surface area (Å²) in [5, 5.41) is 9.98. The molecule has 5 heteroatoms. The number of anilines is 2. The van der Waals surface area contributed by atoms with E-state index in [2.05, 4.69) is 20.5 Å². The smallest absolute Gasteiger partial charge is 0.126 e. The maximum Gasteiger partial charge on any atom is 0.126 e. The van der Waals surface area contributed by atoms with Gasteiger partial charge in [0, 0.05) is 20.3 Å². The zero-order chi connectivity index (χ0) is 11.4. The van der Waals surface area contributed by atoms with Crippen molar-refractivity contribution in [3.8, 4) is 0 Å². The Labute approximate surface area is 94.5 Å². The van der Waals surface area contributed by atoms with Crippen LogP contribution in [0.4, 0.5) is 11.5 Å². The number of H-pyrrole nitrogens is 1. The van der Waals surface area contributed by atoms with Gasteiger partial charge in [0.1, 0.15) is 5.82 Å². The maximum atomic E-state index is 4.31. The van der Waals surface area contributed by atoms with Crippen LogP contribution in [0.25, 0.3) is 0 Å². The van der Waals surface area contributed by atoms with Crippen molar-refractivity contribution in [1.82, 2.24) is 15.2 Å². The first kappa shape index (κ1) is 10.5. The molecule has 16 heavy (non-hydrogen) atoms. The van der Waals surface area contributed by atoms with Crippen LogP contribution in [0.2, 0.25) is 0 Å². The van der Waals surface area contributed by atoms with Crippen LogP contribution in [0, 0.1) is 0 Å². The normalized spacial score (nSPS) is 10.1. The number of pyridine rings is 1. The van der Waals surface area contributed by atoms with E-state index in [1.54, 1.807) is 6.20 Å². The van der Waals surface area contributed by atoms with Gasteiger partial charge in [-0.05, 0) is 18.2 Å². The van der Waals surface area contributed by atoms with Gasteiger partial charge in [-0.25, -0.2) is 4.98 Å². The first-order valence-electron chi connectivity index (χ1n) is 5.11. The average molecular weight is 217 g/mol. The van der Waals surface area contributed by atoms with E-state index in [0.717, 1.165) is 17.2 Å². The summed E-state index contributed by atoms with van der Waals surface area (Å²) in [6.45, 7) is 0.703. The topological polar surface area (TPSA) is 56.8 Å². The maximum absolute atomic E-state index is 4.31. The molecule has 2 N–H and O–H groups in total. The molecule has 2 aromatic rings. The third-order valence-corrected chi connectivity index (χ3v) is 2.28. The van der Waals surface area contributed by atoms with Gasteiger partial charge in [0.2, 0.25) is 0 Å². The van der Waals surface area contributed by atoms with Gasteiger partial charge in [-0.3, -0.25) is 5.10 Å². The van der Waals surface area contributed by atoms with Crippen LogP contribution in [-0.4, -0.2) is 29.3 Å². The molecule has 0 radical (unpaired) electrons. The fourth-order valence-corrected chi connectivity index (χ4v) is 1.32. The van der Waals surface area contributed by atoms with Crippen molar-refractivity contribution < 1.29 is 0 Å². The van der Waals surface area contributed by atoms with Crippen molar-refractivity contribution in [2.75, 3.05) is 24.3 Å². The zero-order valence-electron chi connectivity index (χ0n) is 9.44. The molecule has 2 aromatic heterocycles. The Morgan fingerprint density at radius 3 is 2.75 bits per heavy atom. The van der Waals surface area contributed by atoms with Crippen molar-refractivity contribution in [1.29, 1.82) is 0 Å². The number of rotatable bonds is 4. The largest absolute Gasteiger partial charge is 0.376 e. The summed E-state index contributed by atoms with van der Waals surface area (Å²) in [5.41, 5.74) is 2.13. The molecular weight excluding hydrogens is 202 g/mol. The lowest BCUT2D eigenvalue weighted by Crippen LogP contribution is -2.09. The van der Waals surface area contributed by atoms with Crippen molar-refractivity contribution >= 4 is 11.5 Å². The standard InChI is InChI=1S/C11H15N5/c1-16(2)10-3-4-11(13-8-10)12-7-9-5-6-14-15-9/h3-6,8H,7H2,1-2H3,(H,12,13)(H,14,15). The Kier molecular flexibility index (Phi) is 3.05. The van der Waals surface area contributed by atoms with Gasteiger partial charge in [-0.2, -0.15) is 5.10 Å². The molecule has 0 saturated heterocycles. The fourth-order valence-electron chi connectivity index (χ4n) is 1.32. The van der Waals surface area contributed by atoms with Crippen LogP contribution < -0.4 is 10.2 Å². The number of hydrogen-bond donors (Lipinski definition) is 2. The third-order valence-electron chi connectivity index (χ3n) is 2.28. The molecule has 0 unspecified atom stereocenters. The number of aromatic amines is 1. The van der Waals surface area contributed by atoms with E-state index in [-0.39, 0.29) is 0 Å². The highest BCUT2D eigenvalue weighted by molar-refractivity contribution is 5.48. The van der Waals surface area contributed by atoms with Gasteiger partial charge in [0.05, 0.1) is 24.1 Å². The number of hydrogen-bond acceptors (Lipinski definition) is 4. The zero-order valence-corrected chi connectivity index (χ0v) is 9.44. The molecule has 0 amide bonds. The van der Waals surface area contributed by atoms with E-state index in [9.17, 15) is 0 Å². The second-order valence-electron chi connectivity index (χ2n) is 3.73. The summed E-state index contributed by atoms with van der Waals surface area (Å²) < 4.78 is 0. The van der Waals surface area contributed by atoms with Crippen molar-refractivity contribution in [3.63, 3.8) is 0 Å². The van der Waals surface area contributed by atoms with Crippen molar-refractivity contribution in [2.24, 2.45) is 0 Å². The Hall–Kier alpha value is -2.04. The molecule has 0 fully saturated rings. The average Bonchev–Trinajstić information content (AvgIpc) is 2.80. The van der Waals surface area contributed by atoms with Crippen LogP contribution >= 0.6 is 0 Å². The molecule has 0 spiro atoms. The van der Waals surface area contributed by atoms with Gasteiger partial charge >= 0.3 is 0 Å². The lowest BCUT2D eigenvalue weighted by molar-refractivity contribution is 0.973. The first-order valence-corrected chi connectivity index (χ1v) is 5.11. The van der Waals surface area contributed by atoms with Gasteiger partial charge in [-0.1, -0.05) is 0 Å². The SMILES string of the molecule is CN(C)c1ccc(NCc2ccn[nH]2)nc1. The molecule has 0 aromatic carbocycles. The second-order valence-corrected chi connectivity index (χ2v) is 3.73. The van der Waals surface area contributed by atoms with E-state index in [0.29, 0.717) is 6.54 Å². The van der Waals surface area contributed by atoms with E-state index in [1.807, 2.05) is 43.4 Å². The van der Waals surface area contributed by atoms with Crippen LogP contribution in [0.5, 0.6) is 0 Å². The fraction of sp³-hybridized carbons (Fsp3) is 0.273. The minimum Gasteiger partial charge on any atom is -0.376 e. The summed E-state index contributed by atoms with van der Waals surface area (Å²) in [4.78, 5) is 6.33. The van der Waals surface area contributed by atoms with E-state index in [4.69, 9.17) is 0 Å². The highest BCUT2D eigenvalue weighted by Crippen LogP contribution is 2.12. The Morgan fingerprint density at radius 1 is 1.31 bits per heavy atom. The number of aromatic nitrogens is 3. The van der Waals surface area contributed by atoms with Gasteiger partial charge in [0.15, 0.2) is 0 Å². The molecule has 2 rings (SSSR count). The highest BCUT2D eigenvalue weighted by atomic mass is 15.1. The second kappa shape index (κ2) is 4.65. The minimum absolute atomic E-state index is 0.703. The molecule has 0 aliphatic carbocycles. The van der Waals surface area contributed by atoms with Crippen LogP contribution in [-0.2, 0) is 6.54 Å². The molecule has 84 valence electrons. The van der Waals surface area contributed by atoms with E-state index >= 15 is 0 Å². The minimum atomic E-state index is 0.703. The summed E-state index contributed by atoms with van der Waals surface area (Å²) in [5.74, 6) is 0.861. The van der Waals surface area contributed by atoms with Crippen LogP contribution in [0.3, 0.4) is 0 Å². The highest BCUT2D eigenvalue weighted by Gasteiger charge is 1.98. The molecule has 2 heterocycles. The summed E-state index contributed by atoms with van der Waals surface area (Å²) in [6, 6.07) is 5.93. The predicted octanol–water partition coefficient (Wildman–Crippen LogP) is 1.48. The van der Waals surface area contributed by atoms with Crippen molar-refractivity contribution in [3.05, 3.63) is 36.3 Å². The molecular formula is C11H15N5. The number of nitrogens with zero attached hydrogens (tertiary/aromatic N) is 3. The Morgan fingerprint density at radius 2 is 2.19 bits per heavy atom. The molecule has 0 aliphatic rings. The van der Waals surface area contributed by atoms with Gasteiger partial charge < -0.3 is 10.2 Å². The lowest BCUT2D eigenvalue weighted by Gasteiger charge is -2.12. The summed E-state index contributed by atoms with van der Waals surface area (Å²) in [6.07, 6.45) is 3.58. The number of nitrogens with one attached hydrogen (secondary N) is 2. The van der Waals surface area contributed by atoms with Gasteiger partial charge in [-0.15, -0.1) is 0 Å². The van der Waals surface area contributed by atoms with E-state index in [1.165, 1.54) is 0 Å². The molecule has 0 atom stereocenters. The lowest BCUT2D eigenvalue weighted by atomic mass is 10.3. The molecule has 0 saturated carbocycles. The Balaban J connectivity index is 1.95. The molecule has 0 bridgehead atoms. The van der Waals surface area contributed by atoms with Crippen LogP contribution in [0.15, 0.2) is 30.6 Å². The Bertz CT molecular complexity index is 418. The monoisotopic (exact) mass is 217 g/mol. The summed E-state index contributed by atoms with van der Waals surface area (Å²) >= 11 is 0. The molecule has 5 nitrogen and oxygen atoms in total. The summed E-state index contributed by atoms with van der Waals surface area (Å²) in [7, 11) is 3.99. The van der Waals surface area contributed by atoms with Gasteiger partial charge in [0.25, 0.3) is 0 Å². The first-order chi connectivity index (χ1) is 7.75. The van der Waals surface area contributed by atoms with Crippen molar-refractivity contribution in [2.45, 2.75) is 6.54 Å². The third kappa shape index (κ3) is 2.50. The van der Waals surface area contributed by atoms with Crippen LogP contribution in [0.1, 0.15) is 5.69 Å².